The molecule has 2 aromatic carbocycles. The Hall–Kier alpha value is -2.02. The van der Waals surface area contributed by atoms with Crippen LogP contribution < -0.4 is 10.0 Å². The standard InChI is InChI=1S/C17H20N2O3S/c1-13(14-9-5-3-6-10-14)18-16(20)17(2,19-23(21)22)15-11-7-4-8-12-15/h3-13,19H,1-2H3,(H,18,20)(H,21,22). The monoisotopic (exact) mass is 332 g/mol. The van der Waals surface area contributed by atoms with Crippen LogP contribution in [0.5, 0.6) is 0 Å². The van der Waals surface area contributed by atoms with Gasteiger partial charge in [0, 0.05) is 0 Å². The zero-order chi connectivity index (χ0) is 16.9. The molecule has 0 radical (unpaired) electrons. The molecule has 0 spiro atoms. The fourth-order valence-corrected chi connectivity index (χ4v) is 2.91. The third-order valence-corrected chi connectivity index (χ3v) is 4.33. The summed E-state index contributed by atoms with van der Waals surface area (Å²) in [5.74, 6) is -0.373. The highest BCUT2D eigenvalue weighted by Gasteiger charge is 2.37. The van der Waals surface area contributed by atoms with Crippen LogP contribution in [0.3, 0.4) is 0 Å². The molecule has 5 nitrogen and oxygen atoms in total. The van der Waals surface area contributed by atoms with Crippen LogP contribution in [-0.4, -0.2) is 14.7 Å². The Morgan fingerprint density at radius 3 is 2.13 bits per heavy atom. The van der Waals surface area contributed by atoms with Gasteiger partial charge in [0.1, 0.15) is 5.54 Å². The topological polar surface area (TPSA) is 78.4 Å². The van der Waals surface area contributed by atoms with Gasteiger partial charge < -0.3 is 5.32 Å². The Morgan fingerprint density at radius 2 is 1.61 bits per heavy atom. The summed E-state index contributed by atoms with van der Waals surface area (Å²) in [5.41, 5.74) is 0.255. The molecule has 3 N–H and O–H groups in total. The molecule has 23 heavy (non-hydrogen) atoms. The highest BCUT2D eigenvalue weighted by molar-refractivity contribution is 7.77. The number of amides is 1. The summed E-state index contributed by atoms with van der Waals surface area (Å²) >= 11 is -2.33. The summed E-state index contributed by atoms with van der Waals surface area (Å²) in [7, 11) is 0. The highest BCUT2D eigenvalue weighted by atomic mass is 32.2. The van der Waals surface area contributed by atoms with E-state index in [9.17, 15) is 13.6 Å². The Balaban J connectivity index is 2.25. The van der Waals surface area contributed by atoms with E-state index in [0.717, 1.165) is 5.56 Å². The van der Waals surface area contributed by atoms with E-state index in [1.165, 1.54) is 0 Å². The number of hydrogen-bond acceptors (Lipinski definition) is 2. The van der Waals surface area contributed by atoms with Crippen molar-refractivity contribution in [1.29, 1.82) is 0 Å². The Labute approximate surface area is 138 Å². The van der Waals surface area contributed by atoms with Crippen molar-refractivity contribution in [3.63, 3.8) is 0 Å². The first-order valence-electron chi connectivity index (χ1n) is 7.23. The molecule has 0 aliphatic heterocycles. The summed E-state index contributed by atoms with van der Waals surface area (Å²) in [6.07, 6.45) is 0. The van der Waals surface area contributed by atoms with Gasteiger partial charge in [-0.15, -0.1) is 0 Å². The second kappa shape index (κ2) is 7.50. The summed E-state index contributed by atoms with van der Waals surface area (Å²) in [6.45, 7) is 3.46. The van der Waals surface area contributed by atoms with Gasteiger partial charge in [-0.05, 0) is 25.0 Å². The Bertz CT molecular complexity index is 679. The van der Waals surface area contributed by atoms with Crippen molar-refractivity contribution in [2.45, 2.75) is 25.4 Å². The summed E-state index contributed by atoms with van der Waals surface area (Å²) in [6, 6.07) is 18.2. The first kappa shape index (κ1) is 17.3. The van der Waals surface area contributed by atoms with Gasteiger partial charge in [-0.1, -0.05) is 60.7 Å². The number of carbonyl (C=O) groups excluding carboxylic acids is 1. The van der Waals surface area contributed by atoms with E-state index in [4.69, 9.17) is 0 Å². The third-order valence-electron chi connectivity index (χ3n) is 3.74. The van der Waals surface area contributed by atoms with Gasteiger partial charge in [-0.25, -0.2) is 4.21 Å². The number of rotatable bonds is 6. The first-order chi connectivity index (χ1) is 10.9. The van der Waals surface area contributed by atoms with E-state index < -0.39 is 16.8 Å². The first-order valence-corrected chi connectivity index (χ1v) is 8.34. The Kier molecular flexibility index (Phi) is 5.65. The van der Waals surface area contributed by atoms with Crippen LogP contribution in [0.2, 0.25) is 0 Å². The minimum atomic E-state index is -2.33. The van der Waals surface area contributed by atoms with Crippen molar-refractivity contribution < 1.29 is 13.6 Å². The van der Waals surface area contributed by atoms with Gasteiger partial charge in [0.05, 0.1) is 6.04 Å². The third kappa shape index (κ3) is 4.25. The van der Waals surface area contributed by atoms with Crippen molar-refractivity contribution in [3.8, 4) is 0 Å². The molecule has 1 amide bonds. The molecule has 0 heterocycles. The molecule has 2 rings (SSSR count). The van der Waals surface area contributed by atoms with Gasteiger partial charge in [-0.3, -0.25) is 9.35 Å². The van der Waals surface area contributed by atoms with E-state index in [1.807, 2.05) is 43.3 Å². The fourth-order valence-electron chi connectivity index (χ4n) is 2.35. The largest absolute Gasteiger partial charge is 0.348 e. The lowest BCUT2D eigenvalue weighted by Crippen LogP contribution is -2.53. The van der Waals surface area contributed by atoms with Crippen LogP contribution in [0.25, 0.3) is 0 Å². The Morgan fingerprint density at radius 1 is 1.09 bits per heavy atom. The van der Waals surface area contributed by atoms with Gasteiger partial charge in [0.15, 0.2) is 0 Å². The molecular weight excluding hydrogens is 312 g/mol. The lowest BCUT2D eigenvalue weighted by Gasteiger charge is -2.30. The minimum Gasteiger partial charge on any atom is -0.348 e. The van der Waals surface area contributed by atoms with Crippen LogP contribution in [0.1, 0.15) is 31.0 Å². The molecule has 0 fully saturated rings. The maximum atomic E-state index is 12.8. The molecule has 6 heteroatoms. The molecule has 0 aliphatic rings. The lowest BCUT2D eigenvalue weighted by molar-refractivity contribution is -0.127. The van der Waals surface area contributed by atoms with Crippen molar-refractivity contribution in [2.24, 2.45) is 0 Å². The second-order valence-electron chi connectivity index (χ2n) is 5.45. The van der Waals surface area contributed by atoms with E-state index in [0.29, 0.717) is 5.56 Å². The molecule has 0 bridgehead atoms. The molecule has 122 valence electrons. The highest BCUT2D eigenvalue weighted by Crippen LogP contribution is 2.23. The molecule has 0 saturated heterocycles. The normalized spacial score (nSPS) is 16.1. The van der Waals surface area contributed by atoms with Gasteiger partial charge in [-0.2, -0.15) is 4.72 Å². The van der Waals surface area contributed by atoms with Crippen molar-refractivity contribution in [2.75, 3.05) is 0 Å². The zero-order valence-corrected chi connectivity index (χ0v) is 13.8. The van der Waals surface area contributed by atoms with Crippen LogP contribution >= 0.6 is 0 Å². The van der Waals surface area contributed by atoms with E-state index in [2.05, 4.69) is 10.0 Å². The second-order valence-corrected chi connectivity index (χ2v) is 6.15. The summed E-state index contributed by atoms with van der Waals surface area (Å²) in [4.78, 5) is 12.8. The lowest BCUT2D eigenvalue weighted by atomic mass is 9.91. The van der Waals surface area contributed by atoms with Gasteiger partial charge in [0.2, 0.25) is 17.2 Å². The predicted molar refractivity (Wildman–Crippen MR) is 90.7 cm³/mol. The molecule has 3 unspecified atom stereocenters. The molecule has 0 aromatic heterocycles. The number of hydrogen-bond donors (Lipinski definition) is 3. The summed E-state index contributed by atoms with van der Waals surface area (Å²) in [5, 5.41) is 2.89. The van der Waals surface area contributed by atoms with E-state index in [-0.39, 0.29) is 11.9 Å². The van der Waals surface area contributed by atoms with Crippen molar-refractivity contribution in [3.05, 3.63) is 71.8 Å². The predicted octanol–water partition coefficient (Wildman–Crippen LogP) is 2.51. The van der Waals surface area contributed by atoms with Crippen LogP contribution in [0.15, 0.2) is 60.7 Å². The molecule has 2 aromatic rings. The minimum absolute atomic E-state index is 0.222. The van der Waals surface area contributed by atoms with Crippen molar-refractivity contribution in [1.82, 2.24) is 10.0 Å². The smallest absolute Gasteiger partial charge is 0.246 e. The van der Waals surface area contributed by atoms with E-state index in [1.54, 1.807) is 31.2 Å². The molecular formula is C17H20N2O3S. The fraction of sp³-hybridized carbons (Fsp3) is 0.235. The number of carbonyl (C=O) groups is 1. The SMILES string of the molecule is CC(NC(=O)C(C)(NS(=O)O)c1ccccc1)c1ccccc1. The van der Waals surface area contributed by atoms with Crippen LogP contribution in [-0.2, 0) is 21.6 Å². The maximum absolute atomic E-state index is 12.8. The number of benzene rings is 2. The van der Waals surface area contributed by atoms with Crippen molar-refractivity contribution >= 4 is 17.2 Å². The van der Waals surface area contributed by atoms with Gasteiger partial charge >= 0.3 is 0 Å². The molecule has 0 saturated carbocycles. The average molecular weight is 332 g/mol. The average Bonchev–Trinajstić information content (AvgIpc) is 2.55. The quantitative estimate of drug-likeness (QED) is 0.711. The maximum Gasteiger partial charge on any atom is 0.246 e. The number of nitrogens with one attached hydrogen (secondary N) is 2. The zero-order valence-electron chi connectivity index (χ0n) is 13.0. The van der Waals surface area contributed by atoms with Gasteiger partial charge in [0.25, 0.3) is 0 Å². The summed E-state index contributed by atoms with van der Waals surface area (Å²) < 4.78 is 22.9. The molecule has 3 atom stereocenters. The van der Waals surface area contributed by atoms with E-state index >= 15 is 0 Å². The molecule has 0 aliphatic carbocycles. The van der Waals surface area contributed by atoms with Crippen LogP contribution in [0, 0.1) is 0 Å². The van der Waals surface area contributed by atoms with Crippen LogP contribution in [0.4, 0.5) is 0 Å².